The molecule has 33 heavy (non-hydrogen) atoms. The second-order valence-corrected chi connectivity index (χ2v) is 8.47. The summed E-state index contributed by atoms with van der Waals surface area (Å²) in [5.41, 5.74) is 9.84. The van der Waals surface area contributed by atoms with Crippen molar-refractivity contribution in [2.24, 2.45) is 0 Å². The molecule has 0 radical (unpaired) electrons. The van der Waals surface area contributed by atoms with Crippen LogP contribution in [0.25, 0.3) is 16.8 Å². The fourth-order valence-corrected chi connectivity index (χ4v) is 4.30. The van der Waals surface area contributed by atoms with Crippen LogP contribution in [-0.4, -0.2) is 61.4 Å². The number of furan rings is 1. The van der Waals surface area contributed by atoms with Crippen molar-refractivity contribution in [2.45, 2.75) is 33.2 Å². The number of anilines is 2. The van der Waals surface area contributed by atoms with Gasteiger partial charge in [-0.2, -0.15) is 25.0 Å². The van der Waals surface area contributed by atoms with Crippen molar-refractivity contribution in [1.29, 1.82) is 0 Å². The molecule has 1 fully saturated rings. The Balaban J connectivity index is 1.42. The number of aryl methyl sites for hydroxylation is 2. The summed E-state index contributed by atoms with van der Waals surface area (Å²) >= 11 is 0. The number of hydrogen-bond donors (Lipinski definition) is 1. The highest BCUT2D eigenvalue weighted by molar-refractivity contribution is 5.98. The van der Waals surface area contributed by atoms with E-state index in [-0.39, 0.29) is 11.9 Å². The van der Waals surface area contributed by atoms with Gasteiger partial charge in [-0.05, 0) is 39.3 Å². The first-order valence-electron chi connectivity index (χ1n) is 11.0. The first-order valence-corrected chi connectivity index (χ1v) is 11.0. The van der Waals surface area contributed by atoms with Gasteiger partial charge >= 0.3 is 0 Å². The molecular weight excluding hydrogens is 420 g/mol. The lowest BCUT2D eigenvalue weighted by Gasteiger charge is -2.27. The maximum absolute atomic E-state index is 13.7. The van der Waals surface area contributed by atoms with E-state index in [1.807, 2.05) is 36.9 Å². The number of aromatic nitrogens is 5. The molecule has 10 nitrogen and oxygen atoms in total. The van der Waals surface area contributed by atoms with Crippen LogP contribution in [0.15, 0.2) is 41.3 Å². The Morgan fingerprint density at radius 3 is 2.70 bits per heavy atom. The summed E-state index contributed by atoms with van der Waals surface area (Å²) in [5.74, 6) is 0.883. The van der Waals surface area contributed by atoms with Crippen molar-refractivity contribution >= 4 is 28.8 Å². The number of benzene rings is 1. The van der Waals surface area contributed by atoms with Crippen molar-refractivity contribution in [1.82, 2.24) is 29.9 Å². The van der Waals surface area contributed by atoms with Crippen molar-refractivity contribution < 1.29 is 9.21 Å². The van der Waals surface area contributed by atoms with Crippen LogP contribution < -0.4 is 10.6 Å². The predicted molar refractivity (Wildman–Crippen MR) is 124 cm³/mol. The predicted octanol–water partition coefficient (Wildman–Crippen LogP) is 2.74. The van der Waals surface area contributed by atoms with Crippen LogP contribution in [0.4, 0.5) is 11.8 Å². The molecule has 0 aliphatic carbocycles. The normalized spacial score (nSPS) is 16.9. The van der Waals surface area contributed by atoms with Crippen LogP contribution >= 0.6 is 0 Å². The minimum atomic E-state index is -0.0436. The quantitative estimate of drug-likeness (QED) is 0.510. The zero-order chi connectivity index (χ0) is 23.1. The molecule has 1 amide bonds. The van der Waals surface area contributed by atoms with Gasteiger partial charge in [0.15, 0.2) is 0 Å². The molecule has 0 saturated carbocycles. The molecule has 0 bridgehead atoms. The highest BCUT2D eigenvalue weighted by Gasteiger charge is 2.29. The molecule has 3 aromatic heterocycles. The number of rotatable bonds is 3. The van der Waals surface area contributed by atoms with E-state index in [1.165, 1.54) is 4.80 Å². The Bertz CT molecular complexity index is 1310. The topological polar surface area (TPSA) is 119 Å². The van der Waals surface area contributed by atoms with Gasteiger partial charge in [-0.3, -0.25) is 4.79 Å². The second kappa shape index (κ2) is 8.19. The van der Waals surface area contributed by atoms with Crippen molar-refractivity contribution in [3.8, 4) is 5.69 Å². The molecule has 1 aliphatic rings. The number of carbonyl (C=O) groups excluding carboxylic acids is 1. The molecule has 0 spiro atoms. The van der Waals surface area contributed by atoms with Gasteiger partial charge in [-0.25, -0.2) is 0 Å². The Hall–Kier alpha value is -3.95. The van der Waals surface area contributed by atoms with Gasteiger partial charge in [0.2, 0.25) is 11.7 Å². The molecular formula is C23H26N8O2. The Morgan fingerprint density at radius 2 is 1.91 bits per heavy atom. The Morgan fingerprint density at radius 1 is 1.12 bits per heavy atom. The molecule has 170 valence electrons. The summed E-state index contributed by atoms with van der Waals surface area (Å²) in [7, 11) is 0. The minimum Gasteiger partial charge on any atom is -0.446 e. The standard InChI is InChI=1S/C23H26N8O2/c1-14-4-5-18(31-25-7-8-26-31)17(12-14)22(32)30-11-10-29(9-6-16(30)3)23-27-20(24)19-15(2)13-33-21(19)28-23/h4-5,7-8,12-13,16H,6,9-11H2,1-3H3,(H2,24,27,28)/t16-/m1/s1. The summed E-state index contributed by atoms with van der Waals surface area (Å²) in [6.45, 7) is 7.77. The zero-order valence-electron chi connectivity index (χ0n) is 18.9. The minimum absolute atomic E-state index is 0.0355. The highest BCUT2D eigenvalue weighted by Crippen LogP contribution is 2.27. The third-order valence-corrected chi connectivity index (χ3v) is 6.15. The Kier molecular flexibility index (Phi) is 5.20. The zero-order valence-corrected chi connectivity index (χ0v) is 18.9. The fraction of sp³-hybridized carbons (Fsp3) is 0.348. The number of nitrogens with zero attached hydrogens (tertiary/aromatic N) is 7. The van der Waals surface area contributed by atoms with Gasteiger partial charge in [0, 0.05) is 31.2 Å². The van der Waals surface area contributed by atoms with Gasteiger partial charge in [0.05, 0.1) is 35.3 Å². The first kappa shape index (κ1) is 20.9. The third-order valence-electron chi connectivity index (χ3n) is 6.15. The number of carbonyl (C=O) groups is 1. The molecule has 1 aliphatic heterocycles. The number of amides is 1. The average Bonchev–Trinajstić information content (AvgIpc) is 3.41. The molecule has 4 aromatic rings. The SMILES string of the molecule is Cc1ccc(-n2nccn2)c(C(=O)N2CCN(c3nc(N)c4c(C)coc4n3)CC[C@H]2C)c1. The van der Waals surface area contributed by atoms with E-state index in [2.05, 4.69) is 32.0 Å². The molecule has 4 heterocycles. The van der Waals surface area contributed by atoms with Gasteiger partial charge < -0.3 is 20.0 Å². The summed E-state index contributed by atoms with van der Waals surface area (Å²) in [6, 6.07) is 5.77. The van der Waals surface area contributed by atoms with E-state index in [1.54, 1.807) is 18.7 Å². The van der Waals surface area contributed by atoms with E-state index in [0.29, 0.717) is 48.4 Å². The monoisotopic (exact) mass is 446 g/mol. The summed E-state index contributed by atoms with van der Waals surface area (Å²) in [5, 5.41) is 9.18. The van der Waals surface area contributed by atoms with Crippen molar-refractivity contribution in [3.05, 3.63) is 53.5 Å². The summed E-state index contributed by atoms with van der Waals surface area (Å²) in [6.07, 6.45) is 5.61. The van der Waals surface area contributed by atoms with E-state index in [0.717, 1.165) is 22.9 Å². The molecule has 5 rings (SSSR count). The Labute approximate surface area is 191 Å². The number of nitrogens with two attached hydrogens (primary N) is 1. The lowest BCUT2D eigenvalue weighted by Crippen LogP contribution is -2.40. The van der Waals surface area contributed by atoms with Gasteiger partial charge in [-0.1, -0.05) is 11.6 Å². The molecule has 1 atom stereocenters. The number of nitrogen functional groups attached to an aromatic ring is 1. The molecule has 2 N–H and O–H groups in total. The van der Waals surface area contributed by atoms with E-state index in [4.69, 9.17) is 10.2 Å². The van der Waals surface area contributed by atoms with E-state index in [9.17, 15) is 4.79 Å². The smallest absolute Gasteiger partial charge is 0.256 e. The lowest BCUT2D eigenvalue weighted by atomic mass is 10.1. The van der Waals surface area contributed by atoms with Crippen LogP contribution in [0.1, 0.15) is 34.8 Å². The largest absolute Gasteiger partial charge is 0.446 e. The maximum Gasteiger partial charge on any atom is 0.256 e. The molecule has 1 aromatic carbocycles. The van der Waals surface area contributed by atoms with Crippen LogP contribution in [0.2, 0.25) is 0 Å². The number of hydrogen-bond acceptors (Lipinski definition) is 8. The molecule has 1 saturated heterocycles. The molecule has 0 unspecified atom stereocenters. The van der Waals surface area contributed by atoms with Crippen LogP contribution in [0, 0.1) is 13.8 Å². The van der Waals surface area contributed by atoms with Gasteiger partial charge in [-0.15, -0.1) is 0 Å². The third kappa shape index (κ3) is 3.77. The summed E-state index contributed by atoms with van der Waals surface area (Å²) in [4.78, 5) is 28.2. The van der Waals surface area contributed by atoms with Crippen LogP contribution in [-0.2, 0) is 0 Å². The first-order chi connectivity index (χ1) is 15.9. The lowest BCUT2D eigenvalue weighted by molar-refractivity contribution is 0.0704. The second-order valence-electron chi connectivity index (χ2n) is 8.47. The maximum atomic E-state index is 13.7. The molecule has 10 heteroatoms. The van der Waals surface area contributed by atoms with Crippen LogP contribution in [0.3, 0.4) is 0 Å². The fourth-order valence-electron chi connectivity index (χ4n) is 4.30. The van der Waals surface area contributed by atoms with Crippen molar-refractivity contribution in [2.75, 3.05) is 30.3 Å². The van der Waals surface area contributed by atoms with Crippen molar-refractivity contribution in [3.63, 3.8) is 0 Å². The summed E-state index contributed by atoms with van der Waals surface area (Å²) < 4.78 is 5.55. The van der Waals surface area contributed by atoms with Crippen LogP contribution in [0.5, 0.6) is 0 Å². The van der Waals surface area contributed by atoms with Gasteiger partial charge in [0.25, 0.3) is 5.91 Å². The number of fused-ring (bicyclic) bond motifs is 1. The van der Waals surface area contributed by atoms with E-state index >= 15 is 0 Å². The average molecular weight is 447 g/mol. The highest BCUT2D eigenvalue weighted by atomic mass is 16.3. The van der Waals surface area contributed by atoms with E-state index < -0.39 is 0 Å². The van der Waals surface area contributed by atoms with Gasteiger partial charge in [0.1, 0.15) is 5.82 Å².